The summed E-state index contributed by atoms with van der Waals surface area (Å²) in [6.07, 6.45) is 8.15. The fourth-order valence-corrected chi connectivity index (χ4v) is 4.91. The first-order valence-electron chi connectivity index (χ1n) is 7.63. The van der Waals surface area contributed by atoms with Crippen molar-refractivity contribution in [3.63, 3.8) is 0 Å². The van der Waals surface area contributed by atoms with Gasteiger partial charge >= 0.3 is 0 Å². The van der Waals surface area contributed by atoms with Gasteiger partial charge in [-0.2, -0.15) is 0 Å². The number of nitrogens with one attached hydrogen (secondary N) is 1. The molecular formula is C15H21N3O2S2. The number of fused-ring (bicyclic) bond motifs is 3. The Labute approximate surface area is 135 Å². The van der Waals surface area contributed by atoms with E-state index in [-0.39, 0.29) is 11.8 Å². The minimum Gasteiger partial charge on any atom is -0.367 e. The molecule has 0 amide bonds. The van der Waals surface area contributed by atoms with Gasteiger partial charge in [-0.05, 0) is 44.6 Å². The molecule has 0 spiro atoms. The summed E-state index contributed by atoms with van der Waals surface area (Å²) in [5.41, 5.74) is 1.39. The minimum atomic E-state index is -2.93. The summed E-state index contributed by atoms with van der Waals surface area (Å²) < 4.78 is 22.6. The predicted molar refractivity (Wildman–Crippen MR) is 91.5 cm³/mol. The smallest absolute Gasteiger partial charge is 0.147 e. The minimum absolute atomic E-state index is 0.0620. The van der Waals surface area contributed by atoms with Crippen molar-refractivity contribution in [2.24, 2.45) is 0 Å². The molecule has 0 bridgehead atoms. The van der Waals surface area contributed by atoms with Crippen LogP contribution in [0.3, 0.4) is 0 Å². The molecule has 1 aliphatic rings. The number of hydrogen-bond acceptors (Lipinski definition) is 6. The summed E-state index contributed by atoms with van der Waals surface area (Å²) in [5, 5.41) is 4.53. The first-order valence-corrected chi connectivity index (χ1v) is 10.5. The molecule has 22 heavy (non-hydrogen) atoms. The number of thiophene rings is 1. The second-order valence-corrected chi connectivity index (χ2v) is 9.42. The van der Waals surface area contributed by atoms with Crippen LogP contribution in [0.4, 0.5) is 5.82 Å². The van der Waals surface area contributed by atoms with Gasteiger partial charge in [0, 0.05) is 17.2 Å². The Morgan fingerprint density at radius 3 is 2.86 bits per heavy atom. The van der Waals surface area contributed by atoms with Crippen LogP contribution in [0.5, 0.6) is 0 Å². The summed E-state index contributed by atoms with van der Waals surface area (Å²) in [4.78, 5) is 11.3. The van der Waals surface area contributed by atoms with Gasteiger partial charge in [-0.25, -0.2) is 18.4 Å². The fourth-order valence-electron chi connectivity index (χ4n) is 2.90. The van der Waals surface area contributed by atoms with E-state index in [1.165, 1.54) is 29.5 Å². The molecule has 1 N–H and O–H groups in total. The van der Waals surface area contributed by atoms with Crippen LogP contribution in [0.25, 0.3) is 10.2 Å². The van der Waals surface area contributed by atoms with Gasteiger partial charge in [-0.3, -0.25) is 0 Å². The van der Waals surface area contributed by atoms with Crippen molar-refractivity contribution in [2.75, 3.05) is 17.3 Å². The Kier molecular flexibility index (Phi) is 4.36. The number of hydrogen-bond donors (Lipinski definition) is 1. The van der Waals surface area contributed by atoms with Crippen LogP contribution in [0.1, 0.15) is 36.6 Å². The van der Waals surface area contributed by atoms with Crippen LogP contribution in [0.2, 0.25) is 0 Å². The van der Waals surface area contributed by atoms with E-state index in [0.29, 0.717) is 6.42 Å². The van der Waals surface area contributed by atoms with Crippen LogP contribution in [0.15, 0.2) is 6.33 Å². The van der Waals surface area contributed by atoms with Crippen LogP contribution >= 0.6 is 11.3 Å². The third kappa shape index (κ3) is 3.41. The van der Waals surface area contributed by atoms with Gasteiger partial charge in [0.25, 0.3) is 0 Å². The quantitative estimate of drug-likeness (QED) is 0.907. The van der Waals surface area contributed by atoms with E-state index in [1.54, 1.807) is 17.7 Å². The van der Waals surface area contributed by atoms with Crippen molar-refractivity contribution in [1.82, 2.24) is 9.97 Å². The lowest BCUT2D eigenvalue weighted by Crippen LogP contribution is -2.20. The highest BCUT2D eigenvalue weighted by Gasteiger charge is 2.20. The van der Waals surface area contributed by atoms with E-state index in [9.17, 15) is 8.42 Å². The van der Waals surface area contributed by atoms with Crippen molar-refractivity contribution in [3.05, 3.63) is 16.8 Å². The molecule has 0 saturated heterocycles. The van der Waals surface area contributed by atoms with Gasteiger partial charge in [-0.1, -0.05) is 0 Å². The lowest BCUT2D eigenvalue weighted by atomic mass is 9.97. The molecule has 0 fully saturated rings. The number of sulfone groups is 1. The average Bonchev–Trinajstić information content (AvgIpc) is 2.84. The van der Waals surface area contributed by atoms with Gasteiger partial charge < -0.3 is 5.32 Å². The van der Waals surface area contributed by atoms with Crippen molar-refractivity contribution < 1.29 is 8.42 Å². The van der Waals surface area contributed by atoms with Gasteiger partial charge in [0.2, 0.25) is 0 Å². The molecule has 2 aromatic rings. The molecule has 5 nitrogen and oxygen atoms in total. The predicted octanol–water partition coefficient (Wildman–Crippen LogP) is 2.81. The van der Waals surface area contributed by atoms with Gasteiger partial charge in [-0.15, -0.1) is 11.3 Å². The van der Waals surface area contributed by atoms with E-state index in [2.05, 4.69) is 15.3 Å². The number of aromatic nitrogens is 2. The highest BCUT2D eigenvalue weighted by Crippen LogP contribution is 2.38. The Morgan fingerprint density at radius 2 is 2.09 bits per heavy atom. The molecule has 2 heterocycles. The first kappa shape index (κ1) is 15.7. The molecule has 1 unspecified atom stereocenters. The fraction of sp³-hybridized carbons (Fsp3) is 0.600. The summed E-state index contributed by atoms with van der Waals surface area (Å²) in [7, 11) is -2.93. The first-order chi connectivity index (χ1) is 10.4. The maximum absolute atomic E-state index is 11.3. The number of anilines is 1. The molecule has 0 aromatic carbocycles. The standard InChI is InChI=1S/C15H21N3O2S2/c1-10(7-8-22(2,19)20)18-14-13-11-5-3-4-6-12(11)21-15(13)17-9-16-14/h9-10H,3-8H2,1-2H3,(H,16,17,18). The zero-order chi connectivity index (χ0) is 15.7. The second kappa shape index (κ2) is 6.12. The van der Waals surface area contributed by atoms with Crippen LogP contribution in [-0.4, -0.2) is 36.4 Å². The number of rotatable bonds is 5. The Bertz CT molecular complexity index is 783. The molecule has 0 radical (unpaired) electrons. The number of aryl methyl sites for hydroxylation is 2. The van der Waals surface area contributed by atoms with Crippen LogP contribution < -0.4 is 5.32 Å². The largest absolute Gasteiger partial charge is 0.367 e. The zero-order valence-electron chi connectivity index (χ0n) is 12.9. The topological polar surface area (TPSA) is 72.0 Å². The monoisotopic (exact) mass is 339 g/mol. The Morgan fingerprint density at radius 1 is 1.32 bits per heavy atom. The molecule has 0 aliphatic heterocycles. The Balaban J connectivity index is 1.86. The molecular weight excluding hydrogens is 318 g/mol. The van der Waals surface area contributed by atoms with Gasteiger partial charge in [0.05, 0.1) is 11.1 Å². The molecule has 1 aliphatic carbocycles. The van der Waals surface area contributed by atoms with Crippen LogP contribution in [-0.2, 0) is 22.7 Å². The summed E-state index contributed by atoms with van der Waals surface area (Å²) >= 11 is 1.77. The normalized spacial score (nSPS) is 16.5. The van der Waals surface area contributed by atoms with Gasteiger partial charge in [0.15, 0.2) is 0 Å². The van der Waals surface area contributed by atoms with Crippen molar-refractivity contribution in [2.45, 2.75) is 45.1 Å². The Hall–Kier alpha value is -1.21. The second-order valence-electron chi connectivity index (χ2n) is 6.08. The highest BCUT2D eigenvalue weighted by molar-refractivity contribution is 7.90. The van der Waals surface area contributed by atoms with E-state index >= 15 is 0 Å². The highest BCUT2D eigenvalue weighted by atomic mass is 32.2. The van der Waals surface area contributed by atoms with E-state index in [1.807, 2.05) is 6.92 Å². The maximum atomic E-state index is 11.3. The molecule has 2 aromatic heterocycles. The molecule has 3 rings (SSSR count). The van der Waals surface area contributed by atoms with Gasteiger partial charge in [0.1, 0.15) is 26.8 Å². The summed E-state index contributed by atoms with van der Waals surface area (Å²) in [6, 6.07) is 0.0620. The van der Waals surface area contributed by atoms with E-state index in [0.717, 1.165) is 28.9 Å². The van der Waals surface area contributed by atoms with Crippen LogP contribution in [0, 0.1) is 0 Å². The summed E-state index contributed by atoms with van der Waals surface area (Å²) in [6.45, 7) is 2.00. The third-order valence-electron chi connectivity index (χ3n) is 4.06. The summed E-state index contributed by atoms with van der Waals surface area (Å²) in [5.74, 6) is 1.04. The molecule has 120 valence electrons. The SMILES string of the molecule is CC(CCS(C)(=O)=O)Nc1ncnc2sc3c(c12)CCCC3. The van der Waals surface area contributed by atoms with Crippen molar-refractivity contribution in [3.8, 4) is 0 Å². The molecule has 0 saturated carbocycles. The van der Waals surface area contributed by atoms with E-state index < -0.39 is 9.84 Å². The molecule has 1 atom stereocenters. The zero-order valence-corrected chi connectivity index (χ0v) is 14.6. The average molecular weight is 339 g/mol. The lowest BCUT2D eigenvalue weighted by Gasteiger charge is -2.16. The van der Waals surface area contributed by atoms with Crippen molar-refractivity contribution in [1.29, 1.82) is 0 Å². The van der Waals surface area contributed by atoms with E-state index in [4.69, 9.17) is 0 Å². The lowest BCUT2D eigenvalue weighted by molar-refractivity contribution is 0.595. The van der Waals surface area contributed by atoms with Crippen molar-refractivity contribution >= 4 is 37.2 Å². The molecule has 7 heteroatoms. The third-order valence-corrected chi connectivity index (χ3v) is 6.23. The maximum Gasteiger partial charge on any atom is 0.147 e. The number of nitrogens with zero attached hydrogens (tertiary/aromatic N) is 2.